The second-order valence-corrected chi connectivity index (χ2v) is 11.9. The number of nitriles is 1. The van der Waals surface area contributed by atoms with Gasteiger partial charge in [0, 0.05) is 54.2 Å². The van der Waals surface area contributed by atoms with E-state index in [1.165, 1.54) is 6.92 Å². The van der Waals surface area contributed by atoms with Crippen molar-refractivity contribution in [3.8, 4) is 34.8 Å². The van der Waals surface area contributed by atoms with Crippen LogP contribution in [-0.4, -0.2) is 72.4 Å². The fourth-order valence-corrected chi connectivity index (χ4v) is 7.84. The van der Waals surface area contributed by atoms with Crippen LogP contribution in [0.3, 0.4) is 0 Å². The van der Waals surface area contributed by atoms with Crippen LogP contribution in [0.25, 0.3) is 0 Å². The summed E-state index contributed by atoms with van der Waals surface area (Å²) in [6, 6.07) is 2.81. The van der Waals surface area contributed by atoms with E-state index >= 15 is 0 Å². The van der Waals surface area contributed by atoms with Crippen LogP contribution in [0.15, 0.2) is 6.07 Å². The van der Waals surface area contributed by atoms with Gasteiger partial charge in [-0.2, -0.15) is 5.26 Å². The van der Waals surface area contributed by atoms with Gasteiger partial charge in [0.1, 0.15) is 11.8 Å². The number of carbonyl (C=O) groups excluding carboxylic acids is 2. The number of amides is 1. The maximum atomic E-state index is 12.8. The van der Waals surface area contributed by atoms with Crippen LogP contribution in [0.5, 0.6) is 28.7 Å². The van der Waals surface area contributed by atoms with Gasteiger partial charge in [-0.3, -0.25) is 19.4 Å². The molecule has 1 unspecified atom stereocenters. The molecule has 2 aromatic carbocycles. The SMILES string of the molecule is CCCC(=O)NC[C@H]1c2c(c(OC(C)=O)c(C)c3c2OCO3)CC2[C@H]3c4c(cc(C)c(OC)c4O)C[C@H]([C@H](C#N)N21)N3C. The molecular weight excluding hydrogens is 552 g/mol. The Morgan fingerprint density at radius 3 is 2.58 bits per heavy atom. The van der Waals surface area contributed by atoms with E-state index in [1.807, 2.05) is 27.8 Å². The Morgan fingerprint density at radius 1 is 1.16 bits per heavy atom. The first-order chi connectivity index (χ1) is 20.6. The topological polar surface area (TPSA) is 134 Å². The number of hydrogen-bond acceptors (Lipinski definition) is 10. The molecule has 2 N–H and O–H groups in total. The first kappa shape index (κ1) is 29.1. The molecule has 5 atom stereocenters. The fourth-order valence-electron chi connectivity index (χ4n) is 7.84. The number of methoxy groups -OCH3 is 1. The average Bonchev–Trinajstić information content (AvgIpc) is 3.45. The number of benzene rings is 2. The van der Waals surface area contributed by atoms with Gasteiger partial charge in [-0.1, -0.05) is 13.0 Å². The minimum absolute atomic E-state index is 0.0144. The lowest BCUT2D eigenvalue weighted by Crippen LogP contribution is -2.68. The molecule has 228 valence electrons. The van der Waals surface area contributed by atoms with Crippen LogP contribution in [0.2, 0.25) is 0 Å². The van der Waals surface area contributed by atoms with Crippen LogP contribution in [0.1, 0.15) is 72.2 Å². The summed E-state index contributed by atoms with van der Waals surface area (Å²) in [6.45, 7) is 7.29. The van der Waals surface area contributed by atoms with E-state index in [-0.39, 0.29) is 43.1 Å². The standard InChI is InChI=1S/C32H38N4O7/c1-7-8-24(38)34-13-23-26-19(30(43-17(4)37)16(3)31-32(26)42-14-41-31)11-21-27-25-18(9-15(2)29(40-6)28(25)39)10-20(35(27)5)22(12-33)36(21)23/h9,20-23,27,39H,7-8,10-11,13-14H2,1-6H3,(H,34,38)/t20-,21?,22+,23+,27+/m1/s1. The molecule has 0 spiro atoms. The molecule has 4 aliphatic heterocycles. The first-order valence-corrected chi connectivity index (χ1v) is 14.8. The number of likely N-dealkylation sites (N-methyl/N-ethyl adjacent to an activating group) is 1. The van der Waals surface area contributed by atoms with E-state index in [0.29, 0.717) is 54.2 Å². The molecule has 2 bridgehead atoms. The number of rotatable bonds is 6. The molecule has 0 aliphatic carbocycles. The fraction of sp³-hybridized carbons (Fsp3) is 0.531. The molecule has 4 aliphatic rings. The number of piperazine rings is 1. The van der Waals surface area contributed by atoms with Gasteiger partial charge < -0.3 is 29.4 Å². The lowest BCUT2D eigenvalue weighted by Gasteiger charge is -2.60. The normalized spacial score (nSPS) is 25.2. The van der Waals surface area contributed by atoms with Crippen LogP contribution in [0.4, 0.5) is 0 Å². The molecule has 1 saturated heterocycles. The minimum atomic E-state index is -0.540. The van der Waals surface area contributed by atoms with Crippen molar-refractivity contribution in [2.45, 2.75) is 83.6 Å². The van der Waals surface area contributed by atoms with Crippen molar-refractivity contribution in [2.75, 3.05) is 27.5 Å². The smallest absolute Gasteiger partial charge is 0.308 e. The van der Waals surface area contributed by atoms with E-state index in [4.69, 9.17) is 18.9 Å². The monoisotopic (exact) mass is 590 g/mol. The summed E-state index contributed by atoms with van der Waals surface area (Å²) in [5.41, 5.74) is 4.80. The molecule has 2 aromatic rings. The maximum Gasteiger partial charge on any atom is 0.308 e. The molecule has 11 nitrogen and oxygen atoms in total. The van der Waals surface area contributed by atoms with Gasteiger partial charge in [-0.05, 0) is 51.3 Å². The zero-order chi connectivity index (χ0) is 30.7. The zero-order valence-electron chi connectivity index (χ0n) is 25.4. The molecule has 0 aromatic heterocycles. The van der Waals surface area contributed by atoms with Gasteiger partial charge in [0.05, 0.1) is 25.3 Å². The third-order valence-corrected chi connectivity index (χ3v) is 9.48. The molecule has 0 radical (unpaired) electrons. The number of phenolic OH excluding ortho intramolecular Hbond substituents is 1. The number of hydrogen-bond donors (Lipinski definition) is 2. The summed E-state index contributed by atoms with van der Waals surface area (Å²) in [6.07, 6.45) is 2.05. The van der Waals surface area contributed by atoms with Crippen LogP contribution in [-0.2, 0) is 22.4 Å². The van der Waals surface area contributed by atoms with E-state index in [9.17, 15) is 20.0 Å². The lowest BCUT2D eigenvalue weighted by molar-refractivity contribution is -0.132. The molecule has 4 heterocycles. The molecule has 1 amide bonds. The number of fused-ring (bicyclic) bond motifs is 9. The van der Waals surface area contributed by atoms with Gasteiger partial charge in [-0.15, -0.1) is 0 Å². The number of carbonyl (C=O) groups is 2. The molecule has 1 fully saturated rings. The number of phenols is 1. The Morgan fingerprint density at radius 2 is 1.91 bits per heavy atom. The second-order valence-electron chi connectivity index (χ2n) is 11.9. The summed E-state index contributed by atoms with van der Waals surface area (Å²) < 4.78 is 23.4. The highest BCUT2D eigenvalue weighted by Crippen LogP contribution is 2.58. The Bertz CT molecular complexity index is 1550. The number of nitrogens with zero attached hydrogens (tertiary/aromatic N) is 3. The predicted molar refractivity (Wildman–Crippen MR) is 155 cm³/mol. The van der Waals surface area contributed by atoms with Crippen molar-refractivity contribution < 1.29 is 33.6 Å². The van der Waals surface area contributed by atoms with Gasteiger partial charge in [0.2, 0.25) is 12.7 Å². The summed E-state index contributed by atoms with van der Waals surface area (Å²) in [5, 5.41) is 25.4. The quantitative estimate of drug-likeness (QED) is 0.381. The van der Waals surface area contributed by atoms with Crippen LogP contribution >= 0.6 is 0 Å². The van der Waals surface area contributed by atoms with E-state index < -0.39 is 18.1 Å². The van der Waals surface area contributed by atoms with Gasteiger partial charge in [0.25, 0.3) is 0 Å². The Labute approximate surface area is 251 Å². The Kier molecular flexibility index (Phi) is 7.39. The number of esters is 1. The van der Waals surface area contributed by atoms with Gasteiger partial charge >= 0.3 is 5.97 Å². The van der Waals surface area contributed by atoms with Crippen LogP contribution < -0.4 is 24.3 Å². The van der Waals surface area contributed by atoms with Gasteiger partial charge in [0.15, 0.2) is 23.0 Å². The van der Waals surface area contributed by atoms with Crippen molar-refractivity contribution >= 4 is 11.9 Å². The molecule has 0 saturated carbocycles. The molecule has 11 heteroatoms. The van der Waals surface area contributed by atoms with E-state index in [2.05, 4.69) is 27.3 Å². The summed E-state index contributed by atoms with van der Waals surface area (Å²) in [5.74, 6) is 1.45. The molecule has 43 heavy (non-hydrogen) atoms. The first-order valence-electron chi connectivity index (χ1n) is 14.8. The highest BCUT2D eigenvalue weighted by atomic mass is 16.7. The van der Waals surface area contributed by atoms with Crippen LogP contribution in [0, 0.1) is 25.2 Å². The third kappa shape index (κ3) is 4.38. The predicted octanol–water partition coefficient (Wildman–Crippen LogP) is 3.36. The maximum absolute atomic E-state index is 12.8. The van der Waals surface area contributed by atoms with E-state index in [0.717, 1.165) is 27.8 Å². The van der Waals surface area contributed by atoms with Crippen molar-refractivity contribution in [1.29, 1.82) is 5.26 Å². The summed E-state index contributed by atoms with van der Waals surface area (Å²) >= 11 is 0. The summed E-state index contributed by atoms with van der Waals surface area (Å²) in [4.78, 5) is 29.5. The van der Waals surface area contributed by atoms with Crippen molar-refractivity contribution in [3.05, 3.63) is 39.4 Å². The Balaban J connectivity index is 1.60. The van der Waals surface area contributed by atoms with E-state index in [1.54, 1.807) is 7.11 Å². The van der Waals surface area contributed by atoms with Crippen molar-refractivity contribution in [1.82, 2.24) is 15.1 Å². The third-order valence-electron chi connectivity index (χ3n) is 9.48. The average molecular weight is 591 g/mol. The molecular formula is C32H38N4O7. The Hall–Kier alpha value is -4.01. The second kappa shape index (κ2) is 10.9. The largest absolute Gasteiger partial charge is 0.504 e. The highest BCUT2D eigenvalue weighted by Gasteiger charge is 2.56. The van der Waals surface area contributed by atoms with Crippen molar-refractivity contribution in [3.63, 3.8) is 0 Å². The lowest BCUT2D eigenvalue weighted by atomic mass is 9.71. The number of nitrogens with one attached hydrogen (secondary N) is 1. The number of aryl methyl sites for hydroxylation is 1. The van der Waals surface area contributed by atoms with Gasteiger partial charge in [-0.25, -0.2) is 0 Å². The highest BCUT2D eigenvalue weighted by molar-refractivity contribution is 5.76. The summed E-state index contributed by atoms with van der Waals surface area (Å²) in [7, 11) is 3.54. The van der Waals surface area contributed by atoms with Crippen molar-refractivity contribution in [2.24, 2.45) is 0 Å². The number of ether oxygens (including phenoxy) is 4. The zero-order valence-corrected chi connectivity index (χ0v) is 25.4. The molecule has 6 rings (SSSR count). The number of aromatic hydroxyl groups is 1. The minimum Gasteiger partial charge on any atom is -0.504 e.